The smallest absolute Gasteiger partial charge is 0.289 e. The van der Waals surface area contributed by atoms with Crippen LogP contribution in [-0.4, -0.2) is 84.2 Å². The number of carbonyl (C=O) groups is 4. The van der Waals surface area contributed by atoms with Crippen molar-refractivity contribution in [3.05, 3.63) is 53.6 Å². The van der Waals surface area contributed by atoms with Gasteiger partial charge in [0, 0.05) is 43.9 Å². The maximum atomic E-state index is 13.7. The molecule has 2 N–H and O–H groups in total. The maximum absolute atomic E-state index is 13.7. The van der Waals surface area contributed by atoms with Crippen LogP contribution in [0.4, 0.5) is 0 Å². The van der Waals surface area contributed by atoms with Gasteiger partial charge in [0.25, 0.3) is 5.91 Å². The lowest BCUT2D eigenvalue weighted by atomic mass is 9.99. The highest BCUT2D eigenvalue weighted by atomic mass is 32.2. The molecule has 1 saturated heterocycles. The molecule has 0 aliphatic carbocycles. The molecule has 10 nitrogen and oxygen atoms in total. The van der Waals surface area contributed by atoms with Crippen molar-refractivity contribution in [2.75, 3.05) is 39.4 Å². The number of ether oxygens (including phenoxy) is 2. The van der Waals surface area contributed by atoms with E-state index in [1.165, 1.54) is 11.9 Å². The molecular weight excluding hydrogens is 544 g/mol. The molecule has 41 heavy (non-hydrogen) atoms. The molecule has 0 spiro atoms. The number of benzene rings is 2. The number of ketones is 1. The summed E-state index contributed by atoms with van der Waals surface area (Å²) in [5.41, 5.74) is 1.82. The maximum Gasteiger partial charge on any atom is 0.289 e. The van der Waals surface area contributed by atoms with Crippen LogP contribution in [0.2, 0.25) is 0 Å². The van der Waals surface area contributed by atoms with Gasteiger partial charge in [0.2, 0.25) is 17.6 Å². The lowest BCUT2D eigenvalue weighted by Crippen LogP contribution is -2.54. The number of hydrogen-bond acceptors (Lipinski definition) is 8. The Morgan fingerprint density at radius 1 is 1.10 bits per heavy atom. The Hall–Kier alpha value is -3.57. The minimum Gasteiger partial charge on any atom is -0.486 e. The van der Waals surface area contributed by atoms with Gasteiger partial charge in [-0.15, -0.1) is 0 Å². The molecule has 11 heteroatoms. The first-order valence-electron chi connectivity index (χ1n) is 14.2. The number of rotatable bonds is 11. The van der Waals surface area contributed by atoms with Crippen LogP contribution in [0.3, 0.4) is 0 Å². The van der Waals surface area contributed by atoms with Gasteiger partial charge < -0.3 is 25.0 Å². The van der Waals surface area contributed by atoms with Gasteiger partial charge in [-0.1, -0.05) is 37.3 Å². The van der Waals surface area contributed by atoms with Gasteiger partial charge in [-0.2, -0.15) is 0 Å². The van der Waals surface area contributed by atoms with Gasteiger partial charge in [-0.05, 0) is 54.5 Å². The summed E-state index contributed by atoms with van der Waals surface area (Å²) in [6.07, 6.45) is 2.61. The van der Waals surface area contributed by atoms with Crippen LogP contribution in [0.5, 0.6) is 11.5 Å². The lowest BCUT2D eigenvalue weighted by Gasteiger charge is -2.35. The van der Waals surface area contributed by atoms with Crippen LogP contribution < -0.4 is 20.1 Å². The molecule has 2 unspecified atom stereocenters. The number of nitrogens with one attached hydrogen (secondary N) is 2. The third kappa shape index (κ3) is 7.02. The molecule has 2 aromatic rings. The number of Topliss-reactive ketones (excluding diaryl/α,β-unsaturated/α-hetero) is 1. The van der Waals surface area contributed by atoms with Crippen LogP contribution in [0.1, 0.15) is 37.3 Å². The highest BCUT2D eigenvalue weighted by Crippen LogP contribution is 2.42. The fraction of sp³-hybridized carbons (Fsp3) is 0.467. The molecule has 3 aliphatic rings. The topological polar surface area (TPSA) is 117 Å². The van der Waals surface area contributed by atoms with E-state index in [2.05, 4.69) is 10.6 Å². The molecule has 3 amide bonds. The summed E-state index contributed by atoms with van der Waals surface area (Å²) < 4.78 is 13.5. The minimum atomic E-state index is -1.02. The van der Waals surface area contributed by atoms with Crippen molar-refractivity contribution in [1.82, 2.24) is 19.8 Å². The van der Waals surface area contributed by atoms with Crippen LogP contribution in [0.15, 0.2) is 47.4 Å². The van der Waals surface area contributed by atoms with E-state index in [9.17, 15) is 19.2 Å². The average Bonchev–Trinajstić information content (AvgIpc) is 3.41. The molecule has 3 heterocycles. The summed E-state index contributed by atoms with van der Waals surface area (Å²) in [4.78, 5) is 54.5. The Morgan fingerprint density at radius 3 is 2.56 bits per heavy atom. The number of hydrogen-bond donors (Lipinski definition) is 2. The van der Waals surface area contributed by atoms with Gasteiger partial charge >= 0.3 is 0 Å². The van der Waals surface area contributed by atoms with E-state index in [-0.39, 0.29) is 24.8 Å². The van der Waals surface area contributed by atoms with Crippen molar-refractivity contribution in [1.29, 1.82) is 0 Å². The number of likely N-dealkylation sites (N-methyl/N-ethyl adjacent to an activating group) is 1. The average molecular weight is 581 g/mol. The summed E-state index contributed by atoms with van der Waals surface area (Å²) in [7, 11) is 0. The molecule has 0 radical (unpaired) electrons. The van der Waals surface area contributed by atoms with Crippen LogP contribution in [0.25, 0.3) is 0 Å². The molecular formula is C30H36N4O6S. The molecule has 2 aromatic carbocycles. The number of fused-ring (bicyclic) bond motifs is 2. The second-order valence-corrected chi connectivity index (χ2v) is 11.4. The standard InChI is InChI=1S/C30H36N4O6S/c1-2-34-23(17-21-18-24-25(19-26(21)41-34)40-15-14-39-24)29(37)32-22(16-20-8-4-3-5-9-20)28(36)30(38)31-11-7-13-33-12-6-10-27(33)35/h3-5,8-9,18-19,22-23H,2,6-7,10-17H2,1H3,(H,31,38)(H,32,37). The molecule has 3 aliphatic heterocycles. The number of nitrogens with zero attached hydrogens (tertiary/aromatic N) is 2. The summed E-state index contributed by atoms with van der Waals surface area (Å²) >= 11 is 1.48. The minimum absolute atomic E-state index is 0.128. The van der Waals surface area contributed by atoms with Crippen molar-refractivity contribution in [3.63, 3.8) is 0 Å². The third-order valence-corrected chi connectivity index (χ3v) is 8.84. The van der Waals surface area contributed by atoms with E-state index in [4.69, 9.17) is 9.47 Å². The van der Waals surface area contributed by atoms with Crippen molar-refractivity contribution < 1.29 is 28.7 Å². The van der Waals surface area contributed by atoms with Gasteiger partial charge in [-0.3, -0.25) is 19.2 Å². The summed E-state index contributed by atoms with van der Waals surface area (Å²) in [5.74, 6) is -0.238. The SMILES string of the molecule is CCN1Sc2cc3c(cc2CC1C(=O)NC(Cc1ccccc1)C(=O)C(=O)NCCCN1CCCC1=O)OCCO3. The molecule has 1 fully saturated rings. The fourth-order valence-electron chi connectivity index (χ4n) is 5.35. The molecule has 2 atom stereocenters. The highest BCUT2D eigenvalue weighted by Gasteiger charge is 2.36. The normalized spacial score (nSPS) is 18.9. The van der Waals surface area contributed by atoms with Gasteiger partial charge in [0.05, 0.1) is 0 Å². The number of amides is 3. The lowest BCUT2D eigenvalue weighted by molar-refractivity contribution is -0.140. The van der Waals surface area contributed by atoms with E-state index in [0.717, 1.165) is 29.0 Å². The number of likely N-dealkylation sites (tertiary alicyclic amines) is 1. The fourth-order valence-corrected chi connectivity index (χ4v) is 6.45. The first-order valence-corrected chi connectivity index (χ1v) is 15.0. The van der Waals surface area contributed by atoms with Crippen molar-refractivity contribution in [2.45, 2.75) is 56.0 Å². The quantitative estimate of drug-likeness (QED) is 0.236. The first-order chi connectivity index (χ1) is 19.9. The Bertz CT molecular complexity index is 1290. The van der Waals surface area contributed by atoms with Crippen molar-refractivity contribution >= 4 is 35.5 Å². The van der Waals surface area contributed by atoms with E-state index in [0.29, 0.717) is 57.1 Å². The largest absolute Gasteiger partial charge is 0.486 e. The zero-order chi connectivity index (χ0) is 28.8. The van der Waals surface area contributed by atoms with Crippen molar-refractivity contribution in [3.8, 4) is 11.5 Å². The number of carbonyl (C=O) groups excluding carboxylic acids is 4. The van der Waals surface area contributed by atoms with Crippen LogP contribution >= 0.6 is 11.9 Å². The van der Waals surface area contributed by atoms with E-state index < -0.39 is 23.8 Å². The Balaban J connectivity index is 1.25. The Morgan fingerprint density at radius 2 is 1.85 bits per heavy atom. The molecule has 0 saturated carbocycles. The molecule has 0 bridgehead atoms. The first kappa shape index (κ1) is 28.9. The predicted octanol–water partition coefficient (Wildman–Crippen LogP) is 2.14. The second kappa shape index (κ2) is 13.4. The summed E-state index contributed by atoms with van der Waals surface area (Å²) in [5, 5.41) is 5.59. The van der Waals surface area contributed by atoms with Gasteiger partial charge in [0.1, 0.15) is 25.3 Å². The van der Waals surface area contributed by atoms with E-state index >= 15 is 0 Å². The van der Waals surface area contributed by atoms with E-state index in [1.54, 1.807) is 4.90 Å². The third-order valence-electron chi connectivity index (χ3n) is 7.52. The summed E-state index contributed by atoms with van der Waals surface area (Å²) in [6.45, 7) is 5.12. The predicted molar refractivity (Wildman–Crippen MR) is 154 cm³/mol. The molecule has 0 aromatic heterocycles. The van der Waals surface area contributed by atoms with Gasteiger partial charge in [-0.25, -0.2) is 4.31 Å². The highest BCUT2D eigenvalue weighted by molar-refractivity contribution is 7.97. The zero-order valence-corrected chi connectivity index (χ0v) is 24.0. The zero-order valence-electron chi connectivity index (χ0n) is 23.2. The van der Waals surface area contributed by atoms with Crippen LogP contribution in [-0.2, 0) is 32.0 Å². The van der Waals surface area contributed by atoms with E-state index in [1.807, 2.05) is 53.7 Å². The molecule has 218 valence electrons. The second-order valence-electron chi connectivity index (χ2n) is 10.4. The molecule has 5 rings (SSSR count). The van der Waals surface area contributed by atoms with Gasteiger partial charge in [0.15, 0.2) is 11.5 Å². The monoisotopic (exact) mass is 580 g/mol. The van der Waals surface area contributed by atoms with Crippen molar-refractivity contribution in [2.24, 2.45) is 0 Å². The Labute approximate surface area is 244 Å². The summed E-state index contributed by atoms with van der Waals surface area (Å²) in [6, 6.07) is 11.7. The Kier molecular flexibility index (Phi) is 9.45. The van der Waals surface area contributed by atoms with Crippen LogP contribution in [0, 0.1) is 0 Å².